The number of nitrogens with zero attached hydrogens (tertiary/aromatic N) is 2. The monoisotopic (exact) mass is 209 g/mol. The minimum absolute atomic E-state index is 0.411. The molecule has 0 bridgehead atoms. The molecule has 0 aliphatic heterocycles. The Morgan fingerprint density at radius 1 is 1.40 bits per heavy atom. The highest BCUT2D eigenvalue weighted by Gasteiger charge is 2.05. The van der Waals surface area contributed by atoms with Gasteiger partial charge in [-0.15, -0.1) is 0 Å². The van der Waals surface area contributed by atoms with Gasteiger partial charge in [-0.2, -0.15) is 4.98 Å². The van der Waals surface area contributed by atoms with E-state index in [1.165, 1.54) is 0 Å². The van der Waals surface area contributed by atoms with Gasteiger partial charge in [-0.05, 0) is 13.3 Å². The molecule has 1 heterocycles. The lowest BCUT2D eigenvalue weighted by Crippen LogP contribution is -2.15. The van der Waals surface area contributed by atoms with Gasteiger partial charge in [0.05, 0.1) is 7.11 Å². The first-order chi connectivity index (χ1) is 7.19. The Morgan fingerprint density at radius 2 is 2.13 bits per heavy atom. The number of hydrogen-bond donors (Lipinski definition) is 1. The fraction of sp³-hybridized carbons (Fsp3) is 0.636. The van der Waals surface area contributed by atoms with Crippen LogP contribution in [0.4, 0.5) is 5.82 Å². The molecule has 1 aromatic heterocycles. The molecule has 4 heteroatoms. The number of methoxy groups -OCH3 is 1. The lowest BCUT2D eigenvalue weighted by Gasteiger charge is -2.13. The molecule has 0 aliphatic rings. The molecule has 1 atom stereocenters. The van der Waals surface area contributed by atoms with Crippen LogP contribution in [0.15, 0.2) is 6.07 Å². The summed E-state index contributed by atoms with van der Waals surface area (Å²) in [5.74, 6) is 2.26. The lowest BCUT2D eigenvalue weighted by atomic mass is 10.2. The van der Waals surface area contributed by atoms with E-state index in [4.69, 9.17) is 4.74 Å². The molecule has 1 rings (SSSR count). The number of hydrogen-bond acceptors (Lipinski definition) is 4. The molecule has 0 saturated carbocycles. The molecule has 15 heavy (non-hydrogen) atoms. The van der Waals surface area contributed by atoms with Gasteiger partial charge >= 0.3 is 0 Å². The van der Waals surface area contributed by atoms with Crippen LogP contribution in [0.1, 0.15) is 33.0 Å². The van der Waals surface area contributed by atoms with Crippen LogP contribution in [-0.4, -0.2) is 23.1 Å². The van der Waals surface area contributed by atoms with Crippen LogP contribution in [0.3, 0.4) is 0 Å². The zero-order valence-electron chi connectivity index (χ0n) is 9.87. The fourth-order valence-electron chi connectivity index (χ4n) is 1.16. The molecule has 84 valence electrons. The van der Waals surface area contributed by atoms with Crippen LogP contribution in [0.2, 0.25) is 0 Å². The first-order valence-corrected chi connectivity index (χ1v) is 5.38. The number of anilines is 1. The van der Waals surface area contributed by atoms with E-state index in [1.54, 1.807) is 7.11 Å². The van der Waals surface area contributed by atoms with E-state index in [0.717, 1.165) is 24.5 Å². The van der Waals surface area contributed by atoms with Crippen LogP contribution < -0.4 is 10.1 Å². The molecule has 0 fully saturated rings. The highest BCUT2D eigenvalue weighted by Crippen LogP contribution is 2.14. The van der Waals surface area contributed by atoms with E-state index >= 15 is 0 Å². The van der Waals surface area contributed by atoms with Gasteiger partial charge in [0, 0.05) is 18.5 Å². The summed E-state index contributed by atoms with van der Waals surface area (Å²) < 4.78 is 5.12. The van der Waals surface area contributed by atoms with E-state index in [9.17, 15) is 0 Å². The Kier molecular flexibility index (Phi) is 4.34. The average Bonchev–Trinajstić information content (AvgIpc) is 2.28. The van der Waals surface area contributed by atoms with Crippen molar-refractivity contribution in [1.82, 2.24) is 9.97 Å². The molecule has 1 N–H and O–H groups in total. The first-order valence-electron chi connectivity index (χ1n) is 5.38. The Hall–Kier alpha value is -1.32. The summed E-state index contributed by atoms with van der Waals surface area (Å²) in [5.41, 5.74) is 0. The largest absolute Gasteiger partial charge is 0.481 e. The molecule has 0 amide bonds. The van der Waals surface area contributed by atoms with Crippen molar-refractivity contribution >= 4 is 5.82 Å². The lowest BCUT2D eigenvalue weighted by molar-refractivity contribution is 0.395. The summed E-state index contributed by atoms with van der Waals surface area (Å²) in [5, 5.41) is 3.31. The fourth-order valence-corrected chi connectivity index (χ4v) is 1.16. The maximum absolute atomic E-state index is 5.12. The molecule has 0 saturated heterocycles. The predicted octanol–water partition coefficient (Wildman–Crippen LogP) is 2.26. The normalized spacial score (nSPS) is 12.3. The Labute approximate surface area is 91.1 Å². The van der Waals surface area contributed by atoms with Crippen LogP contribution >= 0.6 is 0 Å². The average molecular weight is 209 g/mol. The second-order valence-corrected chi connectivity index (χ2v) is 3.52. The van der Waals surface area contributed by atoms with Gasteiger partial charge in [0.1, 0.15) is 11.6 Å². The molecule has 0 aromatic carbocycles. The number of rotatable bonds is 5. The van der Waals surface area contributed by atoms with Crippen molar-refractivity contribution in [3.63, 3.8) is 0 Å². The number of nitrogens with one attached hydrogen (secondary N) is 1. The predicted molar refractivity (Wildman–Crippen MR) is 61.3 cm³/mol. The van der Waals surface area contributed by atoms with Gasteiger partial charge in [0.15, 0.2) is 0 Å². The van der Waals surface area contributed by atoms with Gasteiger partial charge in [0.25, 0.3) is 0 Å². The summed E-state index contributed by atoms with van der Waals surface area (Å²) in [6, 6.07) is 2.24. The summed E-state index contributed by atoms with van der Waals surface area (Å²) >= 11 is 0. The zero-order chi connectivity index (χ0) is 11.3. The van der Waals surface area contributed by atoms with Crippen molar-refractivity contribution in [1.29, 1.82) is 0 Å². The van der Waals surface area contributed by atoms with Gasteiger partial charge in [0.2, 0.25) is 5.88 Å². The van der Waals surface area contributed by atoms with Crippen LogP contribution in [0, 0.1) is 0 Å². The van der Waals surface area contributed by atoms with Gasteiger partial charge in [-0.1, -0.05) is 13.8 Å². The third-order valence-corrected chi connectivity index (χ3v) is 2.28. The van der Waals surface area contributed by atoms with Crippen LogP contribution in [0.25, 0.3) is 0 Å². The van der Waals surface area contributed by atoms with E-state index in [1.807, 2.05) is 13.0 Å². The van der Waals surface area contributed by atoms with Gasteiger partial charge < -0.3 is 10.1 Å². The summed E-state index contributed by atoms with van der Waals surface area (Å²) in [4.78, 5) is 8.62. The molecular weight excluding hydrogens is 190 g/mol. The minimum Gasteiger partial charge on any atom is -0.481 e. The minimum atomic E-state index is 0.411. The number of aryl methyl sites for hydroxylation is 1. The van der Waals surface area contributed by atoms with Crippen LogP contribution in [-0.2, 0) is 6.42 Å². The molecule has 1 aromatic rings. The van der Waals surface area contributed by atoms with Gasteiger partial charge in [-0.3, -0.25) is 0 Å². The zero-order valence-corrected chi connectivity index (χ0v) is 9.87. The Morgan fingerprint density at radius 3 is 2.67 bits per heavy atom. The summed E-state index contributed by atoms with van der Waals surface area (Å²) in [6.45, 7) is 6.29. The molecular formula is C11H19N3O. The standard InChI is InChI=1S/C11H19N3O/c1-5-8(3)12-10-7-11(15-4)14-9(6-2)13-10/h7-8H,5-6H2,1-4H3,(H,12,13,14). The molecule has 4 nitrogen and oxygen atoms in total. The molecule has 0 spiro atoms. The van der Waals surface area contributed by atoms with Crippen molar-refractivity contribution in [2.75, 3.05) is 12.4 Å². The first kappa shape index (κ1) is 11.8. The molecule has 0 radical (unpaired) electrons. The van der Waals surface area contributed by atoms with E-state index < -0.39 is 0 Å². The maximum Gasteiger partial charge on any atom is 0.218 e. The van der Waals surface area contributed by atoms with Crippen molar-refractivity contribution in [3.05, 3.63) is 11.9 Å². The van der Waals surface area contributed by atoms with Crippen LogP contribution in [0.5, 0.6) is 5.88 Å². The van der Waals surface area contributed by atoms with Crippen molar-refractivity contribution in [2.24, 2.45) is 0 Å². The molecule has 1 unspecified atom stereocenters. The highest BCUT2D eigenvalue weighted by molar-refractivity contribution is 5.39. The van der Waals surface area contributed by atoms with E-state index in [2.05, 4.69) is 29.1 Å². The summed E-state index contributed by atoms with van der Waals surface area (Å²) in [6.07, 6.45) is 1.88. The summed E-state index contributed by atoms with van der Waals surface area (Å²) in [7, 11) is 1.62. The Bertz CT molecular complexity index is 292. The number of aromatic nitrogens is 2. The second kappa shape index (κ2) is 5.53. The number of ether oxygens (including phenoxy) is 1. The topological polar surface area (TPSA) is 47.0 Å². The van der Waals surface area contributed by atoms with Crippen molar-refractivity contribution < 1.29 is 4.74 Å². The van der Waals surface area contributed by atoms with E-state index in [-0.39, 0.29) is 0 Å². The third kappa shape index (κ3) is 3.38. The van der Waals surface area contributed by atoms with Gasteiger partial charge in [-0.25, -0.2) is 4.98 Å². The Balaban J connectivity index is 2.86. The van der Waals surface area contributed by atoms with E-state index in [0.29, 0.717) is 11.9 Å². The highest BCUT2D eigenvalue weighted by atomic mass is 16.5. The van der Waals surface area contributed by atoms with Crippen molar-refractivity contribution in [2.45, 2.75) is 39.7 Å². The van der Waals surface area contributed by atoms with Crippen molar-refractivity contribution in [3.8, 4) is 5.88 Å². The third-order valence-electron chi connectivity index (χ3n) is 2.28. The molecule has 0 aliphatic carbocycles. The SMILES string of the molecule is CCc1nc(NC(C)CC)cc(OC)n1. The smallest absolute Gasteiger partial charge is 0.218 e. The maximum atomic E-state index is 5.12. The second-order valence-electron chi connectivity index (χ2n) is 3.52. The quantitative estimate of drug-likeness (QED) is 0.808.